The molecule has 1 amide bonds. The number of aliphatic hydroxyl groups is 1. The SMILES string of the molecule is CN1CC(=O)N(CCCO)c2ccc(C#N)cc21. The Hall–Kier alpha value is -2.06. The highest BCUT2D eigenvalue weighted by Crippen LogP contribution is 2.33. The molecule has 5 nitrogen and oxygen atoms in total. The van der Waals surface area contributed by atoms with Crippen LogP contribution in [0.15, 0.2) is 18.2 Å². The lowest BCUT2D eigenvalue weighted by molar-refractivity contribution is -0.117. The van der Waals surface area contributed by atoms with E-state index in [4.69, 9.17) is 10.4 Å². The number of nitriles is 1. The average molecular weight is 245 g/mol. The lowest BCUT2D eigenvalue weighted by Gasteiger charge is -2.35. The van der Waals surface area contributed by atoms with E-state index < -0.39 is 0 Å². The molecule has 94 valence electrons. The molecule has 1 aliphatic rings. The highest BCUT2D eigenvalue weighted by atomic mass is 16.3. The highest BCUT2D eigenvalue weighted by Gasteiger charge is 2.26. The van der Waals surface area contributed by atoms with Crippen LogP contribution in [0.5, 0.6) is 0 Å². The quantitative estimate of drug-likeness (QED) is 0.852. The van der Waals surface area contributed by atoms with Gasteiger partial charge in [0.1, 0.15) is 0 Å². The molecule has 1 aromatic rings. The van der Waals surface area contributed by atoms with Crippen molar-refractivity contribution in [3.05, 3.63) is 23.8 Å². The third-order valence-electron chi connectivity index (χ3n) is 3.02. The van der Waals surface area contributed by atoms with E-state index in [2.05, 4.69) is 6.07 Å². The van der Waals surface area contributed by atoms with Gasteiger partial charge in [0.15, 0.2) is 0 Å². The van der Waals surface area contributed by atoms with Gasteiger partial charge in [-0.3, -0.25) is 4.79 Å². The molecule has 0 spiro atoms. The van der Waals surface area contributed by atoms with Gasteiger partial charge in [0.05, 0.1) is 29.6 Å². The van der Waals surface area contributed by atoms with Gasteiger partial charge < -0.3 is 14.9 Å². The minimum absolute atomic E-state index is 0.0168. The van der Waals surface area contributed by atoms with Crippen molar-refractivity contribution in [2.45, 2.75) is 6.42 Å². The van der Waals surface area contributed by atoms with Crippen LogP contribution in [0, 0.1) is 11.3 Å². The second kappa shape index (κ2) is 5.07. The van der Waals surface area contributed by atoms with Crippen molar-refractivity contribution in [1.82, 2.24) is 0 Å². The molecule has 0 atom stereocenters. The first-order valence-electron chi connectivity index (χ1n) is 5.84. The number of benzene rings is 1. The van der Waals surface area contributed by atoms with Crippen LogP contribution in [0.1, 0.15) is 12.0 Å². The molecule has 0 unspecified atom stereocenters. The molecule has 18 heavy (non-hydrogen) atoms. The van der Waals surface area contributed by atoms with Crippen LogP contribution in [0.3, 0.4) is 0 Å². The largest absolute Gasteiger partial charge is 0.396 e. The van der Waals surface area contributed by atoms with Crippen LogP contribution in [-0.4, -0.2) is 37.8 Å². The molecule has 0 aliphatic carbocycles. The number of fused-ring (bicyclic) bond motifs is 1. The van der Waals surface area contributed by atoms with Crippen LogP contribution in [-0.2, 0) is 4.79 Å². The van der Waals surface area contributed by atoms with E-state index >= 15 is 0 Å². The lowest BCUT2D eigenvalue weighted by atomic mass is 10.1. The number of aliphatic hydroxyl groups excluding tert-OH is 1. The molecule has 2 rings (SSSR count). The molecule has 0 aromatic heterocycles. The molecule has 0 fully saturated rings. The first-order valence-corrected chi connectivity index (χ1v) is 5.84. The fourth-order valence-electron chi connectivity index (χ4n) is 2.11. The van der Waals surface area contributed by atoms with Gasteiger partial charge in [0.2, 0.25) is 5.91 Å². The van der Waals surface area contributed by atoms with E-state index in [0.29, 0.717) is 25.1 Å². The van der Waals surface area contributed by atoms with E-state index in [-0.39, 0.29) is 12.5 Å². The normalized spacial score (nSPS) is 14.4. The highest BCUT2D eigenvalue weighted by molar-refractivity contribution is 6.03. The first kappa shape index (κ1) is 12.4. The Morgan fingerprint density at radius 1 is 1.44 bits per heavy atom. The van der Waals surface area contributed by atoms with E-state index in [1.165, 1.54) is 0 Å². The summed E-state index contributed by atoms with van der Waals surface area (Å²) in [6.45, 7) is 0.862. The molecule has 1 aliphatic heterocycles. The van der Waals surface area contributed by atoms with Crippen LogP contribution in [0.2, 0.25) is 0 Å². The Bertz CT molecular complexity index is 507. The number of anilines is 2. The third kappa shape index (κ3) is 2.15. The number of hydrogen-bond acceptors (Lipinski definition) is 4. The minimum Gasteiger partial charge on any atom is -0.396 e. The summed E-state index contributed by atoms with van der Waals surface area (Å²) < 4.78 is 0. The van der Waals surface area contributed by atoms with Gasteiger partial charge in [0.25, 0.3) is 0 Å². The Balaban J connectivity index is 2.39. The van der Waals surface area contributed by atoms with Crippen molar-refractivity contribution >= 4 is 17.3 Å². The van der Waals surface area contributed by atoms with Gasteiger partial charge in [-0.2, -0.15) is 5.26 Å². The predicted molar refractivity (Wildman–Crippen MR) is 68.5 cm³/mol. The number of likely N-dealkylation sites (N-methyl/N-ethyl adjacent to an activating group) is 1. The first-order chi connectivity index (χ1) is 8.67. The monoisotopic (exact) mass is 245 g/mol. The topological polar surface area (TPSA) is 67.6 Å². The van der Waals surface area contributed by atoms with Crippen LogP contribution < -0.4 is 9.80 Å². The Labute approximate surface area is 106 Å². The zero-order valence-electron chi connectivity index (χ0n) is 10.3. The number of carbonyl (C=O) groups excluding carboxylic acids is 1. The summed E-state index contributed by atoms with van der Waals surface area (Å²) in [6.07, 6.45) is 0.550. The molecule has 1 heterocycles. The summed E-state index contributed by atoms with van der Waals surface area (Å²) in [5, 5.41) is 17.8. The molecule has 0 radical (unpaired) electrons. The van der Waals surface area contributed by atoms with Crippen LogP contribution in [0.25, 0.3) is 0 Å². The number of hydrogen-bond donors (Lipinski definition) is 1. The van der Waals surface area contributed by atoms with Crippen molar-refractivity contribution in [3.63, 3.8) is 0 Å². The fraction of sp³-hybridized carbons (Fsp3) is 0.385. The zero-order valence-corrected chi connectivity index (χ0v) is 10.3. The van der Waals surface area contributed by atoms with Crippen LogP contribution in [0.4, 0.5) is 11.4 Å². The molecule has 5 heteroatoms. The maximum atomic E-state index is 12.0. The Kier molecular flexibility index (Phi) is 3.49. The summed E-state index contributed by atoms with van der Waals surface area (Å²) >= 11 is 0. The van der Waals surface area contributed by atoms with Gasteiger partial charge in [-0.05, 0) is 24.6 Å². The second-order valence-electron chi connectivity index (χ2n) is 4.29. The van der Waals surface area contributed by atoms with Gasteiger partial charge in [-0.25, -0.2) is 0 Å². The fourth-order valence-corrected chi connectivity index (χ4v) is 2.11. The Morgan fingerprint density at radius 3 is 2.89 bits per heavy atom. The predicted octanol–water partition coefficient (Wildman–Crippen LogP) is 0.723. The molecule has 0 saturated heterocycles. The maximum Gasteiger partial charge on any atom is 0.246 e. The number of carbonyl (C=O) groups is 1. The third-order valence-corrected chi connectivity index (χ3v) is 3.02. The lowest BCUT2D eigenvalue weighted by Crippen LogP contribution is -2.44. The zero-order chi connectivity index (χ0) is 13.1. The van der Waals surface area contributed by atoms with Gasteiger partial charge >= 0.3 is 0 Å². The summed E-state index contributed by atoms with van der Waals surface area (Å²) in [5.41, 5.74) is 2.27. The smallest absolute Gasteiger partial charge is 0.246 e. The molecular formula is C13H15N3O2. The van der Waals surface area contributed by atoms with E-state index in [1.807, 2.05) is 11.9 Å². The molecule has 1 aromatic carbocycles. The minimum atomic E-state index is 0.0168. The summed E-state index contributed by atoms with van der Waals surface area (Å²) in [6, 6.07) is 7.38. The van der Waals surface area contributed by atoms with E-state index in [0.717, 1.165) is 11.4 Å². The van der Waals surface area contributed by atoms with Crippen molar-refractivity contribution in [2.75, 3.05) is 36.5 Å². The van der Waals surface area contributed by atoms with Gasteiger partial charge in [-0.15, -0.1) is 0 Å². The molecule has 0 bridgehead atoms. The van der Waals surface area contributed by atoms with Crippen molar-refractivity contribution in [2.24, 2.45) is 0 Å². The standard InChI is InChI=1S/C13H15N3O2/c1-15-9-13(18)16(5-2-6-17)11-4-3-10(8-14)7-12(11)15/h3-4,7,17H,2,5-6,9H2,1H3. The van der Waals surface area contributed by atoms with Crippen molar-refractivity contribution < 1.29 is 9.90 Å². The van der Waals surface area contributed by atoms with E-state index in [1.54, 1.807) is 23.1 Å². The molecule has 0 saturated carbocycles. The van der Waals surface area contributed by atoms with Gasteiger partial charge in [0, 0.05) is 20.2 Å². The summed E-state index contributed by atoms with van der Waals surface area (Å²) in [5.74, 6) is 0.0168. The average Bonchev–Trinajstić information content (AvgIpc) is 2.38. The number of rotatable bonds is 3. The number of nitrogens with zero attached hydrogens (tertiary/aromatic N) is 3. The Morgan fingerprint density at radius 2 is 2.22 bits per heavy atom. The van der Waals surface area contributed by atoms with Crippen molar-refractivity contribution in [3.8, 4) is 6.07 Å². The summed E-state index contributed by atoms with van der Waals surface area (Å²) in [4.78, 5) is 15.5. The molecular weight excluding hydrogens is 230 g/mol. The van der Waals surface area contributed by atoms with Crippen LogP contribution >= 0.6 is 0 Å². The maximum absolute atomic E-state index is 12.0. The molecule has 1 N–H and O–H groups in total. The van der Waals surface area contributed by atoms with E-state index in [9.17, 15) is 4.79 Å². The second-order valence-corrected chi connectivity index (χ2v) is 4.29. The van der Waals surface area contributed by atoms with Crippen molar-refractivity contribution in [1.29, 1.82) is 5.26 Å². The summed E-state index contributed by atoms with van der Waals surface area (Å²) in [7, 11) is 1.83. The number of amides is 1. The van der Waals surface area contributed by atoms with Gasteiger partial charge in [-0.1, -0.05) is 0 Å².